The van der Waals surface area contributed by atoms with E-state index in [-0.39, 0.29) is 0 Å². The SMILES string of the molecule is COc1ccc(-c2ncc(C=O)cn2)cc1. The number of rotatable bonds is 3. The van der Waals surface area contributed by atoms with Crippen molar-refractivity contribution in [2.24, 2.45) is 0 Å². The molecule has 2 rings (SSSR count). The fraction of sp³-hybridized carbons (Fsp3) is 0.0833. The highest BCUT2D eigenvalue weighted by Crippen LogP contribution is 2.18. The van der Waals surface area contributed by atoms with E-state index in [0.717, 1.165) is 17.6 Å². The molecule has 16 heavy (non-hydrogen) atoms. The molecule has 1 heterocycles. The van der Waals surface area contributed by atoms with Crippen molar-refractivity contribution >= 4 is 6.29 Å². The number of nitrogens with zero attached hydrogens (tertiary/aromatic N) is 2. The van der Waals surface area contributed by atoms with Crippen LogP contribution in [-0.2, 0) is 0 Å². The molecule has 80 valence electrons. The average Bonchev–Trinajstić information content (AvgIpc) is 2.39. The molecule has 4 nitrogen and oxygen atoms in total. The molecular formula is C12H10N2O2. The monoisotopic (exact) mass is 214 g/mol. The van der Waals surface area contributed by atoms with Crippen molar-refractivity contribution in [3.05, 3.63) is 42.2 Å². The Hall–Kier alpha value is -2.23. The maximum atomic E-state index is 10.4. The van der Waals surface area contributed by atoms with E-state index in [1.807, 2.05) is 24.3 Å². The lowest BCUT2D eigenvalue weighted by Crippen LogP contribution is -1.91. The first-order valence-corrected chi connectivity index (χ1v) is 4.75. The van der Waals surface area contributed by atoms with Gasteiger partial charge in [-0.15, -0.1) is 0 Å². The Kier molecular flexibility index (Phi) is 2.91. The second kappa shape index (κ2) is 4.53. The van der Waals surface area contributed by atoms with Crippen LogP contribution in [0.2, 0.25) is 0 Å². The first-order valence-electron chi connectivity index (χ1n) is 4.75. The molecule has 0 amide bonds. The molecule has 1 aromatic carbocycles. The van der Waals surface area contributed by atoms with Crippen molar-refractivity contribution in [3.8, 4) is 17.1 Å². The van der Waals surface area contributed by atoms with Crippen LogP contribution in [0, 0.1) is 0 Å². The average molecular weight is 214 g/mol. The summed E-state index contributed by atoms with van der Waals surface area (Å²) >= 11 is 0. The van der Waals surface area contributed by atoms with Crippen LogP contribution in [0.15, 0.2) is 36.7 Å². The molecule has 0 unspecified atom stereocenters. The summed E-state index contributed by atoms with van der Waals surface area (Å²) in [7, 11) is 1.62. The Morgan fingerprint density at radius 1 is 1.12 bits per heavy atom. The largest absolute Gasteiger partial charge is 0.497 e. The van der Waals surface area contributed by atoms with Crippen LogP contribution in [0.25, 0.3) is 11.4 Å². The van der Waals surface area contributed by atoms with Crippen molar-refractivity contribution in [3.63, 3.8) is 0 Å². The second-order valence-electron chi connectivity index (χ2n) is 3.19. The maximum Gasteiger partial charge on any atom is 0.159 e. The molecule has 4 heteroatoms. The predicted octanol–water partition coefficient (Wildman–Crippen LogP) is 1.96. The van der Waals surface area contributed by atoms with Crippen LogP contribution < -0.4 is 4.74 Å². The van der Waals surface area contributed by atoms with Gasteiger partial charge in [0.1, 0.15) is 5.75 Å². The molecule has 2 aromatic rings. The first-order chi connectivity index (χ1) is 7.83. The van der Waals surface area contributed by atoms with Crippen LogP contribution in [0.3, 0.4) is 0 Å². The summed E-state index contributed by atoms with van der Waals surface area (Å²) in [5.41, 5.74) is 1.36. The van der Waals surface area contributed by atoms with Gasteiger partial charge in [0.2, 0.25) is 0 Å². The van der Waals surface area contributed by atoms with Crippen molar-refractivity contribution in [2.45, 2.75) is 0 Å². The molecular weight excluding hydrogens is 204 g/mol. The molecule has 0 saturated carbocycles. The van der Waals surface area contributed by atoms with Gasteiger partial charge in [0, 0.05) is 18.0 Å². The molecule has 0 saturated heterocycles. The summed E-state index contributed by atoms with van der Waals surface area (Å²) in [6.45, 7) is 0. The van der Waals surface area contributed by atoms with Crippen LogP contribution in [0.5, 0.6) is 5.75 Å². The zero-order chi connectivity index (χ0) is 11.4. The van der Waals surface area contributed by atoms with E-state index in [2.05, 4.69) is 9.97 Å². The molecule has 0 N–H and O–H groups in total. The quantitative estimate of drug-likeness (QED) is 0.733. The molecule has 0 spiro atoms. The van der Waals surface area contributed by atoms with E-state index in [0.29, 0.717) is 11.4 Å². The van der Waals surface area contributed by atoms with Gasteiger partial charge in [0.05, 0.1) is 12.7 Å². The third kappa shape index (κ3) is 2.06. The fourth-order valence-corrected chi connectivity index (χ4v) is 1.29. The molecule has 0 aliphatic rings. The van der Waals surface area contributed by atoms with Gasteiger partial charge in [-0.1, -0.05) is 0 Å². The van der Waals surface area contributed by atoms with E-state index in [9.17, 15) is 4.79 Å². The minimum atomic E-state index is 0.470. The van der Waals surface area contributed by atoms with Gasteiger partial charge in [-0.25, -0.2) is 9.97 Å². The number of aromatic nitrogens is 2. The van der Waals surface area contributed by atoms with E-state index in [4.69, 9.17) is 4.74 Å². The number of methoxy groups -OCH3 is 1. The number of hydrogen-bond acceptors (Lipinski definition) is 4. The van der Waals surface area contributed by atoms with Crippen molar-refractivity contribution in [1.29, 1.82) is 0 Å². The van der Waals surface area contributed by atoms with Gasteiger partial charge in [-0.2, -0.15) is 0 Å². The Morgan fingerprint density at radius 2 is 1.75 bits per heavy atom. The van der Waals surface area contributed by atoms with Crippen molar-refractivity contribution in [1.82, 2.24) is 9.97 Å². The van der Waals surface area contributed by atoms with Gasteiger partial charge in [0.15, 0.2) is 12.1 Å². The molecule has 0 fully saturated rings. The minimum Gasteiger partial charge on any atom is -0.497 e. The van der Waals surface area contributed by atoms with Crippen LogP contribution in [0.4, 0.5) is 0 Å². The minimum absolute atomic E-state index is 0.470. The summed E-state index contributed by atoms with van der Waals surface area (Å²) in [5.74, 6) is 1.38. The summed E-state index contributed by atoms with van der Waals surface area (Å²) < 4.78 is 5.05. The predicted molar refractivity (Wildman–Crippen MR) is 59.4 cm³/mol. The van der Waals surface area contributed by atoms with Crippen LogP contribution in [-0.4, -0.2) is 23.4 Å². The van der Waals surface area contributed by atoms with Gasteiger partial charge < -0.3 is 4.74 Å². The molecule has 0 radical (unpaired) electrons. The van der Waals surface area contributed by atoms with E-state index < -0.39 is 0 Å². The summed E-state index contributed by atoms with van der Waals surface area (Å²) in [6.07, 6.45) is 3.72. The Morgan fingerprint density at radius 3 is 2.25 bits per heavy atom. The molecule has 0 bridgehead atoms. The highest BCUT2D eigenvalue weighted by atomic mass is 16.5. The van der Waals surface area contributed by atoms with E-state index in [1.165, 1.54) is 12.4 Å². The summed E-state index contributed by atoms with van der Waals surface area (Å²) in [4.78, 5) is 18.6. The van der Waals surface area contributed by atoms with E-state index in [1.54, 1.807) is 7.11 Å². The third-order valence-electron chi connectivity index (χ3n) is 2.16. The van der Waals surface area contributed by atoms with Gasteiger partial charge in [-0.05, 0) is 24.3 Å². The van der Waals surface area contributed by atoms with E-state index >= 15 is 0 Å². The lowest BCUT2D eigenvalue weighted by Gasteiger charge is -2.02. The number of carbonyl (C=O) groups excluding carboxylic acids is 1. The molecule has 0 atom stereocenters. The smallest absolute Gasteiger partial charge is 0.159 e. The highest BCUT2D eigenvalue weighted by Gasteiger charge is 2.01. The van der Waals surface area contributed by atoms with Crippen molar-refractivity contribution in [2.75, 3.05) is 7.11 Å². The van der Waals surface area contributed by atoms with Gasteiger partial charge >= 0.3 is 0 Å². The zero-order valence-corrected chi connectivity index (χ0v) is 8.75. The first kappa shape index (κ1) is 10.3. The number of aldehydes is 1. The molecule has 0 aliphatic heterocycles. The lowest BCUT2D eigenvalue weighted by atomic mass is 10.2. The zero-order valence-electron chi connectivity index (χ0n) is 8.75. The molecule has 1 aromatic heterocycles. The normalized spacial score (nSPS) is 9.81. The summed E-state index contributed by atoms with van der Waals surface area (Å²) in [5, 5.41) is 0. The number of ether oxygens (including phenoxy) is 1. The lowest BCUT2D eigenvalue weighted by molar-refractivity contribution is 0.112. The van der Waals surface area contributed by atoms with Crippen LogP contribution >= 0.6 is 0 Å². The topological polar surface area (TPSA) is 52.1 Å². The van der Waals surface area contributed by atoms with Gasteiger partial charge in [-0.3, -0.25) is 4.79 Å². The van der Waals surface area contributed by atoms with Crippen LogP contribution in [0.1, 0.15) is 10.4 Å². The van der Waals surface area contributed by atoms with Crippen molar-refractivity contribution < 1.29 is 9.53 Å². The maximum absolute atomic E-state index is 10.4. The van der Waals surface area contributed by atoms with Gasteiger partial charge in [0.25, 0.3) is 0 Å². The number of hydrogen-bond donors (Lipinski definition) is 0. The fourth-order valence-electron chi connectivity index (χ4n) is 1.29. The summed E-state index contributed by atoms with van der Waals surface area (Å²) in [6, 6.07) is 7.42. The second-order valence-corrected chi connectivity index (χ2v) is 3.19. The molecule has 0 aliphatic carbocycles. The Balaban J connectivity index is 2.31. The third-order valence-corrected chi connectivity index (χ3v) is 2.16. The Labute approximate surface area is 92.9 Å². The highest BCUT2D eigenvalue weighted by molar-refractivity contribution is 5.73. The number of benzene rings is 1. The number of carbonyl (C=O) groups is 1. The standard InChI is InChI=1S/C12H10N2O2/c1-16-11-4-2-10(3-5-11)12-13-6-9(8-15)7-14-12/h2-8H,1H3. The Bertz CT molecular complexity index is 477.